The molecule has 0 saturated heterocycles. The summed E-state index contributed by atoms with van der Waals surface area (Å²) in [6, 6.07) is 7.11. The molecule has 0 aliphatic heterocycles. The van der Waals surface area contributed by atoms with E-state index in [1.807, 2.05) is 18.5 Å². The van der Waals surface area contributed by atoms with Crippen molar-refractivity contribution in [3.8, 4) is 5.75 Å². The summed E-state index contributed by atoms with van der Waals surface area (Å²) in [5.74, 6) is 1.31. The van der Waals surface area contributed by atoms with Gasteiger partial charge in [-0.3, -0.25) is 4.79 Å². The smallest absolute Gasteiger partial charge is 0.233 e. The van der Waals surface area contributed by atoms with Gasteiger partial charge in [0.1, 0.15) is 12.4 Å². The SMILES string of the molecule is COCCNC(=O)[C@H](C)Sc1nnc(COc2ccc(Cl)cc2)n1C. The number of nitrogens with one attached hydrogen (secondary N) is 1. The van der Waals surface area contributed by atoms with Gasteiger partial charge >= 0.3 is 0 Å². The van der Waals surface area contributed by atoms with Gasteiger partial charge in [-0.25, -0.2) is 0 Å². The van der Waals surface area contributed by atoms with Crippen LogP contribution in [0.15, 0.2) is 29.4 Å². The fraction of sp³-hybridized carbons (Fsp3) is 0.438. The molecule has 136 valence electrons. The average molecular weight is 385 g/mol. The Morgan fingerprint density at radius 2 is 2.08 bits per heavy atom. The first kappa shape index (κ1) is 19.6. The van der Waals surface area contributed by atoms with Crippen LogP contribution in [0.4, 0.5) is 0 Å². The molecule has 0 fully saturated rings. The molecule has 0 aliphatic carbocycles. The Labute approximate surface area is 156 Å². The quantitative estimate of drug-likeness (QED) is 0.528. The van der Waals surface area contributed by atoms with Crippen LogP contribution < -0.4 is 10.1 Å². The number of thioether (sulfide) groups is 1. The number of benzene rings is 1. The summed E-state index contributed by atoms with van der Waals surface area (Å²) in [6.45, 7) is 3.07. The van der Waals surface area contributed by atoms with Crippen molar-refractivity contribution < 1.29 is 14.3 Å². The van der Waals surface area contributed by atoms with Gasteiger partial charge in [-0.1, -0.05) is 23.4 Å². The van der Waals surface area contributed by atoms with E-state index in [-0.39, 0.29) is 17.8 Å². The van der Waals surface area contributed by atoms with Gasteiger partial charge < -0.3 is 19.4 Å². The second-order valence-corrected chi connectivity index (χ2v) is 6.99. The van der Waals surface area contributed by atoms with E-state index in [4.69, 9.17) is 21.1 Å². The van der Waals surface area contributed by atoms with E-state index in [0.717, 1.165) is 0 Å². The summed E-state index contributed by atoms with van der Waals surface area (Å²) in [5, 5.41) is 12.1. The summed E-state index contributed by atoms with van der Waals surface area (Å²) in [4.78, 5) is 12.0. The largest absolute Gasteiger partial charge is 0.486 e. The van der Waals surface area contributed by atoms with Crippen LogP contribution in [0.5, 0.6) is 5.75 Å². The number of aromatic nitrogens is 3. The average Bonchev–Trinajstić information content (AvgIpc) is 2.94. The van der Waals surface area contributed by atoms with Crippen molar-refractivity contribution in [2.24, 2.45) is 7.05 Å². The van der Waals surface area contributed by atoms with Crippen molar-refractivity contribution in [2.75, 3.05) is 20.3 Å². The second-order valence-electron chi connectivity index (χ2n) is 5.24. The van der Waals surface area contributed by atoms with E-state index < -0.39 is 0 Å². The third-order valence-electron chi connectivity index (χ3n) is 3.36. The lowest BCUT2D eigenvalue weighted by Gasteiger charge is -2.11. The monoisotopic (exact) mass is 384 g/mol. The number of halogens is 1. The molecule has 25 heavy (non-hydrogen) atoms. The molecular weight excluding hydrogens is 364 g/mol. The number of nitrogens with zero attached hydrogens (tertiary/aromatic N) is 3. The molecule has 7 nitrogen and oxygen atoms in total. The highest BCUT2D eigenvalue weighted by Gasteiger charge is 2.18. The summed E-state index contributed by atoms with van der Waals surface area (Å²) in [7, 11) is 3.44. The van der Waals surface area contributed by atoms with E-state index in [2.05, 4.69) is 15.5 Å². The van der Waals surface area contributed by atoms with Crippen LogP contribution in [0.2, 0.25) is 5.02 Å². The molecule has 1 N–H and O–H groups in total. The lowest BCUT2D eigenvalue weighted by molar-refractivity contribution is -0.120. The van der Waals surface area contributed by atoms with E-state index in [1.165, 1.54) is 11.8 Å². The summed E-state index contributed by atoms with van der Waals surface area (Å²) < 4.78 is 12.4. The Morgan fingerprint density at radius 1 is 1.36 bits per heavy atom. The van der Waals surface area contributed by atoms with Crippen molar-refractivity contribution in [1.29, 1.82) is 0 Å². The topological polar surface area (TPSA) is 78.3 Å². The van der Waals surface area contributed by atoms with Gasteiger partial charge in [0.15, 0.2) is 11.0 Å². The minimum Gasteiger partial charge on any atom is -0.486 e. The molecular formula is C16H21ClN4O3S. The highest BCUT2D eigenvalue weighted by molar-refractivity contribution is 8.00. The Bertz CT molecular complexity index is 693. The van der Waals surface area contributed by atoms with Crippen LogP contribution in [0.1, 0.15) is 12.7 Å². The summed E-state index contributed by atoms with van der Waals surface area (Å²) >= 11 is 7.19. The maximum atomic E-state index is 12.0. The molecule has 2 rings (SSSR count). The van der Waals surface area contributed by atoms with Gasteiger partial charge in [0.2, 0.25) is 5.91 Å². The summed E-state index contributed by atoms with van der Waals surface area (Å²) in [5.41, 5.74) is 0. The number of ether oxygens (including phenoxy) is 2. The Hall–Kier alpha value is -1.77. The standard InChI is InChI=1S/C16H21ClN4O3S/c1-11(15(22)18-8-9-23-3)25-16-20-19-14(21(16)2)10-24-13-6-4-12(17)5-7-13/h4-7,11H,8-10H2,1-3H3,(H,18,22)/t11-/m0/s1. The van der Waals surface area contributed by atoms with Gasteiger partial charge in [0, 0.05) is 25.7 Å². The third kappa shape index (κ3) is 5.91. The van der Waals surface area contributed by atoms with Crippen LogP contribution >= 0.6 is 23.4 Å². The van der Waals surface area contributed by atoms with Gasteiger partial charge in [-0.2, -0.15) is 0 Å². The second kappa shape index (κ2) is 9.65. The van der Waals surface area contributed by atoms with E-state index in [9.17, 15) is 4.79 Å². The molecule has 1 aromatic heterocycles. The maximum absolute atomic E-state index is 12.0. The molecule has 0 spiro atoms. The number of carbonyl (C=O) groups is 1. The van der Waals surface area contributed by atoms with Crippen molar-refractivity contribution >= 4 is 29.3 Å². The molecule has 2 aromatic rings. The van der Waals surface area contributed by atoms with E-state index >= 15 is 0 Å². The van der Waals surface area contributed by atoms with Crippen molar-refractivity contribution in [3.05, 3.63) is 35.1 Å². The predicted molar refractivity (Wildman–Crippen MR) is 97.0 cm³/mol. The number of rotatable bonds is 9. The number of carbonyl (C=O) groups excluding carboxylic acids is 1. The first-order chi connectivity index (χ1) is 12.0. The fourth-order valence-corrected chi connectivity index (χ4v) is 2.87. The number of hydrogen-bond acceptors (Lipinski definition) is 6. The van der Waals surface area contributed by atoms with E-state index in [1.54, 1.807) is 31.4 Å². The first-order valence-electron chi connectivity index (χ1n) is 7.71. The lowest BCUT2D eigenvalue weighted by atomic mass is 10.3. The molecule has 0 unspecified atom stereocenters. The highest BCUT2D eigenvalue weighted by Crippen LogP contribution is 2.22. The van der Waals surface area contributed by atoms with Gasteiger partial charge in [-0.05, 0) is 31.2 Å². The third-order valence-corrected chi connectivity index (χ3v) is 4.75. The van der Waals surface area contributed by atoms with Crippen LogP contribution in [-0.4, -0.2) is 46.2 Å². The highest BCUT2D eigenvalue weighted by atomic mass is 35.5. The lowest BCUT2D eigenvalue weighted by Crippen LogP contribution is -2.33. The van der Waals surface area contributed by atoms with Crippen molar-refractivity contribution in [3.63, 3.8) is 0 Å². The minimum atomic E-state index is -0.287. The van der Waals surface area contributed by atoms with Crippen LogP contribution in [0.3, 0.4) is 0 Å². The van der Waals surface area contributed by atoms with Crippen LogP contribution in [0, 0.1) is 0 Å². The first-order valence-corrected chi connectivity index (χ1v) is 8.97. The van der Waals surface area contributed by atoms with Gasteiger partial charge in [-0.15, -0.1) is 10.2 Å². The zero-order valence-electron chi connectivity index (χ0n) is 14.4. The molecule has 1 amide bonds. The van der Waals surface area contributed by atoms with Crippen LogP contribution in [0.25, 0.3) is 0 Å². The van der Waals surface area contributed by atoms with Gasteiger partial charge in [0.25, 0.3) is 0 Å². The molecule has 0 radical (unpaired) electrons. The zero-order valence-corrected chi connectivity index (χ0v) is 15.9. The maximum Gasteiger partial charge on any atom is 0.233 e. The molecule has 1 heterocycles. The Morgan fingerprint density at radius 3 is 2.76 bits per heavy atom. The molecule has 1 aromatic carbocycles. The Balaban J connectivity index is 1.89. The molecule has 9 heteroatoms. The van der Waals surface area contributed by atoms with Crippen molar-refractivity contribution in [1.82, 2.24) is 20.1 Å². The Kier molecular flexibility index (Phi) is 7.54. The summed E-state index contributed by atoms with van der Waals surface area (Å²) in [6.07, 6.45) is 0. The number of hydrogen-bond donors (Lipinski definition) is 1. The van der Waals surface area contributed by atoms with Crippen LogP contribution in [-0.2, 0) is 23.2 Å². The normalized spacial score (nSPS) is 12.0. The zero-order chi connectivity index (χ0) is 18.2. The fourth-order valence-electron chi connectivity index (χ4n) is 1.88. The van der Waals surface area contributed by atoms with E-state index in [0.29, 0.717) is 34.9 Å². The van der Waals surface area contributed by atoms with Gasteiger partial charge in [0.05, 0.1) is 11.9 Å². The number of amides is 1. The molecule has 0 saturated carbocycles. The minimum absolute atomic E-state index is 0.0657. The molecule has 1 atom stereocenters. The molecule has 0 aliphatic rings. The number of methoxy groups -OCH3 is 1. The van der Waals surface area contributed by atoms with Crippen molar-refractivity contribution in [2.45, 2.75) is 23.9 Å². The predicted octanol–water partition coefficient (Wildman–Crippen LogP) is 2.29. The molecule has 0 bridgehead atoms.